The quantitative estimate of drug-likeness (QED) is 0.852. The Morgan fingerprint density at radius 1 is 0.733 bits per heavy atom. The van der Waals surface area contributed by atoms with Crippen LogP contribution in [-0.4, -0.2) is 9.97 Å². The van der Waals surface area contributed by atoms with Gasteiger partial charge in [0.05, 0.1) is 0 Å². The second kappa shape index (κ2) is 6.30. The molecule has 3 heteroatoms. The topological polar surface area (TPSA) is 25.8 Å². The van der Waals surface area contributed by atoms with Crippen molar-refractivity contribution in [3.8, 4) is 0 Å². The van der Waals surface area contributed by atoms with Gasteiger partial charge in [-0.1, -0.05) is 12.1 Å². The molecule has 2 nitrogen and oxygen atoms in total. The first-order valence-corrected chi connectivity index (χ1v) is 4.75. The second-order valence-corrected chi connectivity index (χ2v) is 3.14. The summed E-state index contributed by atoms with van der Waals surface area (Å²) in [6, 6.07) is 12.0. The minimum atomic E-state index is 0. The van der Waals surface area contributed by atoms with E-state index >= 15 is 0 Å². The van der Waals surface area contributed by atoms with E-state index in [9.17, 15) is 0 Å². The molecule has 2 aromatic rings. The van der Waals surface area contributed by atoms with Crippen LogP contribution in [0.15, 0.2) is 48.8 Å². The van der Waals surface area contributed by atoms with Crippen LogP contribution in [0.4, 0.5) is 0 Å². The third-order valence-electron chi connectivity index (χ3n) is 2.09. The molecular weight excluding hydrogens is 252 g/mol. The average Bonchev–Trinajstić information content (AvgIpc) is 2.29. The largest absolute Gasteiger partial charge is 0.261 e. The summed E-state index contributed by atoms with van der Waals surface area (Å²) in [5.41, 5.74) is 2.25. The highest BCUT2D eigenvalue weighted by molar-refractivity contribution is 8.93. The number of aromatic nitrogens is 2. The van der Waals surface area contributed by atoms with Gasteiger partial charge >= 0.3 is 0 Å². The van der Waals surface area contributed by atoms with Gasteiger partial charge in [-0.2, -0.15) is 0 Å². The highest BCUT2D eigenvalue weighted by Gasteiger charge is 1.95. The molecule has 0 unspecified atom stereocenters. The molecule has 2 aromatic heterocycles. The molecule has 2 rings (SSSR count). The maximum atomic E-state index is 4.27. The average molecular weight is 265 g/mol. The van der Waals surface area contributed by atoms with E-state index in [0.29, 0.717) is 0 Å². The van der Waals surface area contributed by atoms with E-state index in [0.717, 1.165) is 24.2 Å². The van der Waals surface area contributed by atoms with Crippen molar-refractivity contribution in [3.63, 3.8) is 0 Å². The highest BCUT2D eigenvalue weighted by atomic mass is 79.9. The highest BCUT2D eigenvalue weighted by Crippen LogP contribution is 2.01. The standard InChI is InChI=1S/C12H12N2.BrH/c1-3-9-13-11(5-1)7-8-12-6-2-4-10-14-12;/h1-6,9-10H,7-8H2;1H. The van der Waals surface area contributed by atoms with E-state index in [-0.39, 0.29) is 17.0 Å². The Labute approximate surface area is 100 Å². The Hall–Kier alpha value is -1.22. The van der Waals surface area contributed by atoms with Gasteiger partial charge in [-0.3, -0.25) is 9.97 Å². The first kappa shape index (κ1) is 11.9. The zero-order valence-corrected chi connectivity index (χ0v) is 10.0. The third-order valence-corrected chi connectivity index (χ3v) is 2.09. The predicted molar refractivity (Wildman–Crippen MR) is 66.2 cm³/mol. The van der Waals surface area contributed by atoms with Gasteiger partial charge in [0.25, 0.3) is 0 Å². The molecule has 0 radical (unpaired) electrons. The molecule has 0 N–H and O–H groups in total. The molecule has 2 heterocycles. The smallest absolute Gasteiger partial charge is 0.0407 e. The molecule has 0 fully saturated rings. The van der Waals surface area contributed by atoms with Crippen molar-refractivity contribution in [1.29, 1.82) is 0 Å². The lowest BCUT2D eigenvalue weighted by Crippen LogP contribution is -1.95. The van der Waals surface area contributed by atoms with E-state index in [4.69, 9.17) is 0 Å². The molecule has 0 aliphatic rings. The van der Waals surface area contributed by atoms with Crippen molar-refractivity contribution in [2.75, 3.05) is 0 Å². The molecule has 15 heavy (non-hydrogen) atoms. The molecule has 0 spiro atoms. The van der Waals surface area contributed by atoms with Crippen molar-refractivity contribution < 1.29 is 0 Å². The molecule has 0 aliphatic carbocycles. The fourth-order valence-electron chi connectivity index (χ4n) is 1.35. The monoisotopic (exact) mass is 264 g/mol. The fourth-order valence-corrected chi connectivity index (χ4v) is 1.35. The number of hydrogen-bond donors (Lipinski definition) is 0. The van der Waals surface area contributed by atoms with Crippen molar-refractivity contribution >= 4 is 17.0 Å². The van der Waals surface area contributed by atoms with E-state index in [1.54, 1.807) is 0 Å². The Bertz CT molecular complexity index is 336. The Morgan fingerprint density at radius 2 is 1.20 bits per heavy atom. The molecule has 0 saturated carbocycles. The van der Waals surface area contributed by atoms with Gasteiger partial charge in [0.1, 0.15) is 0 Å². The van der Waals surface area contributed by atoms with Crippen LogP contribution in [0.5, 0.6) is 0 Å². The lowest BCUT2D eigenvalue weighted by atomic mass is 10.1. The van der Waals surface area contributed by atoms with Crippen molar-refractivity contribution in [3.05, 3.63) is 60.2 Å². The van der Waals surface area contributed by atoms with E-state index < -0.39 is 0 Å². The Balaban J connectivity index is 0.00000112. The van der Waals surface area contributed by atoms with Gasteiger partial charge in [-0.15, -0.1) is 17.0 Å². The van der Waals surface area contributed by atoms with E-state index in [2.05, 4.69) is 9.97 Å². The maximum absolute atomic E-state index is 4.27. The van der Waals surface area contributed by atoms with Gasteiger partial charge in [0.15, 0.2) is 0 Å². The van der Waals surface area contributed by atoms with Crippen LogP contribution in [0, 0.1) is 0 Å². The minimum Gasteiger partial charge on any atom is -0.261 e. The Morgan fingerprint density at radius 3 is 1.53 bits per heavy atom. The summed E-state index contributed by atoms with van der Waals surface area (Å²) in [6.45, 7) is 0. The van der Waals surface area contributed by atoms with E-state index in [1.165, 1.54) is 0 Å². The summed E-state index contributed by atoms with van der Waals surface area (Å²) in [7, 11) is 0. The third kappa shape index (κ3) is 3.80. The zero-order chi connectivity index (χ0) is 9.64. The van der Waals surface area contributed by atoms with Gasteiger partial charge in [0, 0.05) is 23.8 Å². The number of hydrogen-bond acceptors (Lipinski definition) is 2. The fraction of sp³-hybridized carbons (Fsp3) is 0.167. The molecule has 0 saturated heterocycles. The molecule has 0 bridgehead atoms. The molecule has 0 aromatic carbocycles. The van der Waals surface area contributed by atoms with Crippen molar-refractivity contribution in [2.24, 2.45) is 0 Å². The normalized spacial score (nSPS) is 9.33. The summed E-state index contributed by atoms with van der Waals surface area (Å²) in [5.74, 6) is 0. The Kier molecular flexibility index (Phi) is 4.98. The number of halogens is 1. The molecular formula is C12H13BrN2. The zero-order valence-electron chi connectivity index (χ0n) is 8.34. The number of nitrogens with zero attached hydrogens (tertiary/aromatic N) is 2. The first-order chi connectivity index (χ1) is 6.95. The molecule has 0 atom stereocenters. The first-order valence-electron chi connectivity index (χ1n) is 4.75. The van der Waals surface area contributed by atoms with Gasteiger partial charge < -0.3 is 0 Å². The summed E-state index contributed by atoms with van der Waals surface area (Å²) < 4.78 is 0. The van der Waals surface area contributed by atoms with Crippen molar-refractivity contribution in [1.82, 2.24) is 9.97 Å². The minimum absolute atomic E-state index is 0. The van der Waals surface area contributed by atoms with Crippen LogP contribution in [0.25, 0.3) is 0 Å². The lowest BCUT2D eigenvalue weighted by molar-refractivity contribution is 0.880. The van der Waals surface area contributed by atoms with Crippen LogP contribution in [-0.2, 0) is 12.8 Å². The summed E-state index contributed by atoms with van der Waals surface area (Å²) in [4.78, 5) is 8.53. The number of pyridine rings is 2. The summed E-state index contributed by atoms with van der Waals surface area (Å²) >= 11 is 0. The second-order valence-electron chi connectivity index (χ2n) is 3.14. The predicted octanol–water partition coefficient (Wildman–Crippen LogP) is 2.84. The van der Waals surface area contributed by atoms with Crippen LogP contribution >= 0.6 is 17.0 Å². The van der Waals surface area contributed by atoms with E-state index in [1.807, 2.05) is 48.8 Å². The molecule has 78 valence electrons. The van der Waals surface area contributed by atoms with Crippen LogP contribution in [0.1, 0.15) is 11.4 Å². The number of aryl methyl sites for hydroxylation is 2. The van der Waals surface area contributed by atoms with Crippen LogP contribution in [0.2, 0.25) is 0 Å². The molecule has 0 aliphatic heterocycles. The number of rotatable bonds is 3. The van der Waals surface area contributed by atoms with Gasteiger partial charge in [-0.05, 0) is 37.1 Å². The van der Waals surface area contributed by atoms with Crippen molar-refractivity contribution in [2.45, 2.75) is 12.8 Å². The lowest BCUT2D eigenvalue weighted by Gasteiger charge is -1.99. The van der Waals surface area contributed by atoms with Crippen LogP contribution in [0.3, 0.4) is 0 Å². The van der Waals surface area contributed by atoms with Gasteiger partial charge in [-0.25, -0.2) is 0 Å². The molecule has 0 amide bonds. The SMILES string of the molecule is Br.c1ccc(CCc2ccccn2)nc1. The van der Waals surface area contributed by atoms with Crippen LogP contribution < -0.4 is 0 Å². The summed E-state index contributed by atoms with van der Waals surface area (Å²) in [5, 5.41) is 0. The summed E-state index contributed by atoms with van der Waals surface area (Å²) in [6.07, 6.45) is 5.57. The maximum Gasteiger partial charge on any atom is 0.0407 e. The van der Waals surface area contributed by atoms with Gasteiger partial charge in [0.2, 0.25) is 0 Å².